The lowest BCUT2D eigenvalue weighted by Crippen LogP contribution is -2.55. The van der Waals surface area contributed by atoms with Gasteiger partial charge < -0.3 is 15.5 Å². The predicted octanol–water partition coefficient (Wildman–Crippen LogP) is 4.09. The largest absolute Gasteiger partial charge is 0.339 e. The lowest BCUT2D eigenvalue weighted by Gasteiger charge is -2.41. The van der Waals surface area contributed by atoms with Gasteiger partial charge in [-0.2, -0.15) is 0 Å². The highest BCUT2D eigenvalue weighted by atomic mass is 35.5. The fraction of sp³-hybridized carbons (Fsp3) is 0.480. The van der Waals surface area contributed by atoms with E-state index < -0.39 is 6.04 Å². The Morgan fingerprint density at radius 3 is 2.22 bits per heavy atom. The zero-order chi connectivity index (χ0) is 23.1. The molecule has 1 fully saturated rings. The van der Waals surface area contributed by atoms with E-state index >= 15 is 0 Å². The van der Waals surface area contributed by atoms with Crippen LogP contribution in [0.2, 0.25) is 10.0 Å². The third-order valence-electron chi connectivity index (χ3n) is 6.34. The molecule has 0 aliphatic carbocycles. The number of nitrogens with zero attached hydrogens (tertiary/aromatic N) is 3. The van der Waals surface area contributed by atoms with Gasteiger partial charge in [-0.05, 0) is 48.8 Å². The normalized spacial score (nSPS) is 16.9. The van der Waals surface area contributed by atoms with E-state index in [9.17, 15) is 4.79 Å². The maximum Gasteiger partial charge on any atom is 0.239 e. The first-order chi connectivity index (χ1) is 15.4. The molecule has 1 heterocycles. The summed E-state index contributed by atoms with van der Waals surface area (Å²) < 4.78 is 0. The molecule has 1 saturated heterocycles. The Bertz CT molecular complexity index is 865. The maximum atomic E-state index is 13.0. The molecule has 1 unspecified atom stereocenters. The number of piperazine rings is 1. The van der Waals surface area contributed by atoms with Gasteiger partial charge in [0, 0.05) is 48.8 Å². The molecular formula is C25H34Cl2N4O. The van der Waals surface area contributed by atoms with Gasteiger partial charge in [-0.3, -0.25) is 9.69 Å². The summed E-state index contributed by atoms with van der Waals surface area (Å²) in [6.07, 6.45) is 0.514. The van der Waals surface area contributed by atoms with E-state index in [-0.39, 0.29) is 11.9 Å². The molecule has 1 aliphatic rings. The van der Waals surface area contributed by atoms with Crippen molar-refractivity contribution in [1.82, 2.24) is 14.7 Å². The summed E-state index contributed by atoms with van der Waals surface area (Å²) in [7, 11) is 0. The van der Waals surface area contributed by atoms with Crippen LogP contribution in [-0.4, -0.2) is 72.5 Å². The first-order valence-corrected chi connectivity index (χ1v) is 12.2. The number of carbonyl (C=O) groups excluding carboxylic acids is 1. The molecule has 0 aromatic heterocycles. The third kappa shape index (κ3) is 6.46. The number of hydrogen-bond donors (Lipinski definition) is 1. The maximum absolute atomic E-state index is 13.0. The first kappa shape index (κ1) is 25.0. The molecule has 1 aliphatic heterocycles. The minimum Gasteiger partial charge on any atom is -0.339 e. The van der Waals surface area contributed by atoms with Crippen molar-refractivity contribution >= 4 is 29.1 Å². The van der Waals surface area contributed by atoms with Crippen LogP contribution in [-0.2, 0) is 11.2 Å². The van der Waals surface area contributed by atoms with E-state index in [1.807, 2.05) is 47.4 Å². The lowest BCUT2D eigenvalue weighted by atomic mass is 10.0. The molecular weight excluding hydrogens is 443 g/mol. The van der Waals surface area contributed by atoms with Crippen molar-refractivity contribution < 1.29 is 4.79 Å². The van der Waals surface area contributed by atoms with Crippen LogP contribution in [0.15, 0.2) is 48.5 Å². The predicted molar refractivity (Wildman–Crippen MR) is 133 cm³/mol. The van der Waals surface area contributed by atoms with Crippen LogP contribution in [0.3, 0.4) is 0 Å². The smallest absolute Gasteiger partial charge is 0.239 e. The van der Waals surface area contributed by atoms with Crippen molar-refractivity contribution in [3.63, 3.8) is 0 Å². The minimum absolute atomic E-state index is 0.0117. The van der Waals surface area contributed by atoms with E-state index in [1.54, 1.807) is 0 Å². The fourth-order valence-corrected chi connectivity index (χ4v) is 4.72. The van der Waals surface area contributed by atoms with Crippen molar-refractivity contribution in [2.24, 2.45) is 5.73 Å². The highest BCUT2D eigenvalue weighted by Crippen LogP contribution is 2.29. The number of nitrogens with two attached hydrogens (primary N) is 1. The van der Waals surface area contributed by atoms with E-state index in [0.717, 1.165) is 48.9 Å². The Hall–Kier alpha value is -1.63. The molecule has 2 N–H and O–H groups in total. The second-order valence-corrected chi connectivity index (χ2v) is 9.17. The van der Waals surface area contributed by atoms with Crippen molar-refractivity contribution in [1.29, 1.82) is 0 Å². The summed E-state index contributed by atoms with van der Waals surface area (Å²) in [4.78, 5) is 19.7. The second kappa shape index (κ2) is 12.0. The van der Waals surface area contributed by atoms with Crippen LogP contribution in [0.1, 0.15) is 31.0 Å². The van der Waals surface area contributed by atoms with Crippen LogP contribution in [0, 0.1) is 0 Å². The van der Waals surface area contributed by atoms with Gasteiger partial charge in [0.1, 0.15) is 0 Å². The molecule has 32 heavy (non-hydrogen) atoms. The van der Waals surface area contributed by atoms with Crippen molar-refractivity contribution in [3.8, 4) is 0 Å². The molecule has 0 bridgehead atoms. The molecule has 3 rings (SSSR count). The summed E-state index contributed by atoms with van der Waals surface area (Å²) in [6.45, 7) is 10.2. The Kier molecular flexibility index (Phi) is 9.38. The number of halogens is 2. The highest BCUT2D eigenvalue weighted by Gasteiger charge is 2.30. The molecule has 2 aromatic rings. The number of rotatable bonds is 9. The monoisotopic (exact) mass is 476 g/mol. The molecule has 7 heteroatoms. The van der Waals surface area contributed by atoms with Crippen molar-refractivity contribution in [2.75, 3.05) is 45.8 Å². The zero-order valence-electron chi connectivity index (χ0n) is 19.0. The molecule has 174 valence electrons. The van der Waals surface area contributed by atoms with Gasteiger partial charge in [-0.15, -0.1) is 0 Å². The molecule has 0 saturated carbocycles. The highest BCUT2D eigenvalue weighted by molar-refractivity contribution is 6.31. The number of likely N-dealkylation sites (N-methyl/N-ethyl adjacent to an activating group) is 1. The summed E-state index contributed by atoms with van der Waals surface area (Å²) in [5.74, 6) is 0.0117. The molecule has 1 amide bonds. The van der Waals surface area contributed by atoms with Crippen LogP contribution >= 0.6 is 23.2 Å². The van der Waals surface area contributed by atoms with Gasteiger partial charge in [-0.25, -0.2) is 0 Å². The molecule has 0 spiro atoms. The van der Waals surface area contributed by atoms with Gasteiger partial charge in [0.05, 0.1) is 6.04 Å². The minimum atomic E-state index is -0.544. The SMILES string of the molecule is CCN(CC)CC(c1ccccc1Cl)N1CCN(C(=O)[C@H](N)Cc2ccc(Cl)cc2)CC1. The molecule has 0 radical (unpaired) electrons. The van der Waals surface area contributed by atoms with Crippen molar-refractivity contribution in [2.45, 2.75) is 32.4 Å². The quantitative estimate of drug-likeness (QED) is 0.591. The Morgan fingerprint density at radius 2 is 1.62 bits per heavy atom. The zero-order valence-corrected chi connectivity index (χ0v) is 20.5. The summed E-state index contributed by atoms with van der Waals surface area (Å²) in [5.41, 5.74) is 8.44. The van der Waals surface area contributed by atoms with Crippen LogP contribution in [0.5, 0.6) is 0 Å². The van der Waals surface area contributed by atoms with E-state index in [4.69, 9.17) is 28.9 Å². The summed E-state index contributed by atoms with van der Waals surface area (Å²) in [6, 6.07) is 15.3. The number of amides is 1. The number of carbonyl (C=O) groups is 1. The van der Waals surface area contributed by atoms with Crippen LogP contribution in [0.25, 0.3) is 0 Å². The summed E-state index contributed by atoms with van der Waals surface area (Å²) in [5, 5.41) is 1.48. The third-order valence-corrected chi connectivity index (χ3v) is 6.94. The Balaban J connectivity index is 1.64. The van der Waals surface area contributed by atoms with Crippen LogP contribution in [0.4, 0.5) is 0 Å². The second-order valence-electron chi connectivity index (χ2n) is 8.32. The topological polar surface area (TPSA) is 52.8 Å². The standard InChI is InChI=1S/C25H34Cl2N4O/c1-3-29(4-2)18-24(21-7-5-6-8-22(21)27)30-13-15-31(16-14-30)25(32)23(28)17-19-9-11-20(26)12-10-19/h5-12,23-24H,3-4,13-18,28H2,1-2H3/t23-,24?/m1/s1. The first-order valence-electron chi connectivity index (χ1n) is 11.4. The van der Waals surface area contributed by atoms with Gasteiger partial charge in [0.15, 0.2) is 0 Å². The number of benzene rings is 2. The average Bonchev–Trinajstić information content (AvgIpc) is 2.82. The lowest BCUT2D eigenvalue weighted by molar-refractivity contribution is -0.134. The van der Waals surface area contributed by atoms with Crippen molar-refractivity contribution in [3.05, 3.63) is 69.7 Å². The molecule has 5 nitrogen and oxygen atoms in total. The Morgan fingerprint density at radius 1 is 1.00 bits per heavy atom. The van der Waals surface area contributed by atoms with Gasteiger partial charge in [0.25, 0.3) is 0 Å². The number of hydrogen-bond acceptors (Lipinski definition) is 4. The van der Waals surface area contributed by atoms with Gasteiger partial charge >= 0.3 is 0 Å². The van der Waals surface area contributed by atoms with Gasteiger partial charge in [0.2, 0.25) is 5.91 Å². The average molecular weight is 477 g/mol. The molecule has 2 aromatic carbocycles. The van der Waals surface area contributed by atoms with Gasteiger partial charge in [-0.1, -0.05) is 67.4 Å². The fourth-order valence-electron chi connectivity index (χ4n) is 4.33. The summed E-state index contributed by atoms with van der Waals surface area (Å²) >= 11 is 12.5. The van der Waals surface area contributed by atoms with E-state index in [1.165, 1.54) is 0 Å². The molecule has 2 atom stereocenters. The van der Waals surface area contributed by atoms with E-state index in [0.29, 0.717) is 24.5 Å². The van der Waals surface area contributed by atoms with E-state index in [2.05, 4.69) is 29.7 Å². The Labute approximate surface area is 202 Å². The van der Waals surface area contributed by atoms with Crippen LogP contribution < -0.4 is 5.73 Å².